The second kappa shape index (κ2) is 9.77. The Hall–Kier alpha value is -3.47. The maximum Gasteiger partial charge on any atom is 0.257 e. The average Bonchev–Trinajstić information content (AvgIpc) is 2.84. The van der Waals surface area contributed by atoms with E-state index in [1.165, 1.54) is 12.1 Å². The summed E-state index contributed by atoms with van der Waals surface area (Å²) in [5.41, 5.74) is 4.04. The molecular weight excluding hydrogens is 403 g/mol. The third-order valence-electron chi connectivity index (χ3n) is 6.09. The normalized spacial score (nSPS) is 14.2. The fourth-order valence-corrected chi connectivity index (χ4v) is 4.37. The number of para-hydroxylation sites is 2. The van der Waals surface area contributed by atoms with Crippen molar-refractivity contribution in [3.05, 3.63) is 95.3 Å². The number of halogens is 1. The van der Waals surface area contributed by atoms with Gasteiger partial charge in [0, 0.05) is 30.3 Å². The zero-order chi connectivity index (χ0) is 22.5. The fourth-order valence-electron chi connectivity index (χ4n) is 4.37. The van der Waals surface area contributed by atoms with E-state index in [-0.39, 0.29) is 23.4 Å². The predicted molar refractivity (Wildman–Crippen MR) is 126 cm³/mol. The van der Waals surface area contributed by atoms with Gasteiger partial charge in [-0.2, -0.15) is 0 Å². The molecule has 1 heterocycles. The molecule has 32 heavy (non-hydrogen) atoms. The Morgan fingerprint density at radius 1 is 0.938 bits per heavy atom. The SMILES string of the molecule is CCc1cccc(C(=O)Nc2ccccc2)c1N1CCC(C(=O)c2ccc(F)cc2)CC1. The Labute approximate surface area is 188 Å². The van der Waals surface area contributed by atoms with Gasteiger partial charge in [-0.15, -0.1) is 0 Å². The minimum absolute atomic E-state index is 0.0653. The summed E-state index contributed by atoms with van der Waals surface area (Å²) in [5.74, 6) is -0.498. The number of amides is 1. The summed E-state index contributed by atoms with van der Waals surface area (Å²) in [6.07, 6.45) is 2.22. The number of rotatable bonds is 6. The molecule has 1 fully saturated rings. The molecule has 4 rings (SSSR count). The molecule has 164 valence electrons. The Morgan fingerprint density at radius 2 is 1.62 bits per heavy atom. The summed E-state index contributed by atoms with van der Waals surface area (Å²) in [4.78, 5) is 28.2. The molecular formula is C27H27FN2O2. The maximum absolute atomic E-state index is 13.2. The molecule has 3 aromatic rings. The summed E-state index contributed by atoms with van der Waals surface area (Å²) < 4.78 is 13.2. The number of benzene rings is 3. The minimum Gasteiger partial charge on any atom is -0.371 e. The summed E-state index contributed by atoms with van der Waals surface area (Å²) in [7, 11) is 0. The second-order valence-electron chi connectivity index (χ2n) is 8.12. The van der Waals surface area contributed by atoms with Crippen molar-refractivity contribution in [2.75, 3.05) is 23.3 Å². The molecule has 4 nitrogen and oxygen atoms in total. The highest BCUT2D eigenvalue weighted by molar-refractivity contribution is 6.08. The summed E-state index contributed by atoms with van der Waals surface area (Å²) in [6, 6.07) is 21.1. The van der Waals surface area contributed by atoms with Crippen molar-refractivity contribution in [2.45, 2.75) is 26.2 Å². The lowest BCUT2D eigenvalue weighted by atomic mass is 9.88. The van der Waals surface area contributed by atoms with Gasteiger partial charge in [0.1, 0.15) is 5.82 Å². The molecule has 0 aliphatic carbocycles. The van der Waals surface area contributed by atoms with Crippen LogP contribution in [0.15, 0.2) is 72.8 Å². The van der Waals surface area contributed by atoms with E-state index in [0.717, 1.165) is 23.4 Å². The first kappa shape index (κ1) is 21.8. The van der Waals surface area contributed by atoms with Crippen LogP contribution in [0.4, 0.5) is 15.8 Å². The lowest BCUT2D eigenvalue weighted by Crippen LogP contribution is -2.38. The number of hydrogen-bond donors (Lipinski definition) is 1. The van der Waals surface area contributed by atoms with Gasteiger partial charge in [-0.25, -0.2) is 4.39 Å². The van der Waals surface area contributed by atoms with Crippen LogP contribution < -0.4 is 10.2 Å². The molecule has 0 bridgehead atoms. The van der Waals surface area contributed by atoms with Crippen molar-refractivity contribution in [1.29, 1.82) is 0 Å². The highest BCUT2D eigenvalue weighted by atomic mass is 19.1. The molecule has 0 spiro atoms. The molecule has 0 unspecified atom stereocenters. The van der Waals surface area contributed by atoms with Gasteiger partial charge >= 0.3 is 0 Å². The van der Waals surface area contributed by atoms with Gasteiger partial charge in [0.2, 0.25) is 0 Å². The standard InChI is InChI=1S/C27H27FN2O2/c1-2-19-7-6-10-24(27(32)29-23-8-4-3-5-9-23)25(19)30-17-15-21(16-18-30)26(31)20-11-13-22(28)14-12-20/h3-14,21H,2,15-18H2,1H3,(H,29,32). The number of anilines is 2. The zero-order valence-electron chi connectivity index (χ0n) is 18.2. The minimum atomic E-state index is -0.339. The summed E-state index contributed by atoms with van der Waals surface area (Å²) in [5, 5.41) is 2.99. The highest BCUT2D eigenvalue weighted by Gasteiger charge is 2.28. The Kier molecular flexibility index (Phi) is 6.64. The van der Waals surface area contributed by atoms with Gasteiger partial charge in [0.25, 0.3) is 5.91 Å². The molecule has 1 N–H and O–H groups in total. The Bertz CT molecular complexity index is 1090. The molecule has 0 aromatic heterocycles. The van der Waals surface area contributed by atoms with Crippen LogP contribution in [0.3, 0.4) is 0 Å². The van der Waals surface area contributed by atoms with Gasteiger partial charge in [-0.1, -0.05) is 37.3 Å². The zero-order valence-corrected chi connectivity index (χ0v) is 18.2. The van der Waals surface area contributed by atoms with E-state index in [4.69, 9.17) is 0 Å². The van der Waals surface area contributed by atoms with E-state index < -0.39 is 0 Å². The molecule has 0 atom stereocenters. The highest BCUT2D eigenvalue weighted by Crippen LogP contribution is 2.32. The number of nitrogens with zero attached hydrogens (tertiary/aromatic N) is 1. The first-order chi connectivity index (χ1) is 15.6. The number of hydrogen-bond acceptors (Lipinski definition) is 3. The van der Waals surface area contributed by atoms with E-state index >= 15 is 0 Å². The lowest BCUT2D eigenvalue weighted by molar-refractivity contribution is 0.0899. The number of Topliss-reactive ketones (excluding diaryl/α,β-unsaturated/α-hetero) is 1. The number of carbonyl (C=O) groups excluding carboxylic acids is 2. The first-order valence-electron chi connectivity index (χ1n) is 11.1. The van der Waals surface area contributed by atoms with Crippen LogP contribution in [0, 0.1) is 11.7 Å². The predicted octanol–water partition coefficient (Wildman–Crippen LogP) is 5.74. The summed E-state index contributed by atoms with van der Waals surface area (Å²) in [6.45, 7) is 3.48. The van der Waals surface area contributed by atoms with E-state index in [0.29, 0.717) is 37.1 Å². The van der Waals surface area contributed by atoms with Crippen LogP contribution in [0.2, 0.25) is 0 Å². The molecule has 1 saturated heterocycles. The van der Waals surface area contributed by atoms with Crippen molar-refractivity contribution in [3.63, 3.8) is 0 Å². The van der Waals surface area contributed by atoms with E-state index in [9.17, 15) is 14.0 Å². The van der Waals surface area contributed by atoms with Gasteiger partial charge in [-0.05, 0) is 67.3 Å². The topological polar surface area (TPSA) is 49.4 Å². The van der Waals surface area contributed by atoms with Crippen LogP contribution in [-0.2, 0) is 6.42 Å². The van der Waals surface area contributed by atoms with Crippen LogP contribution in [0.1, 0.15) is 46.0 Å². The Morgan fingerprint density at radius 3 is 2.28 bits per heavy atom. The number of nitrogens with one attached hydrogen (secondary N) is 1. The first-order valence-corrected chi connectivity index (χ1v) is 11.1. The van der Waals surface area contributed by atoms with Gasteiger partial charge in [0.15, 0.2) is 5.78 Å². The molecule has 1 aliphatic rings. The number of aryl methyl sites for hydroxylation is 1. The van der Waals surface area contributed by atoms with Crippen LogP contribution >= 0.6 is 0 Å². The maximum atomic E-state index is 13.2. The van der Waals surface area contributed by atoms with Crippen molar-refractivity contribution < 1.29 is 14.0 Å². The molecule has 0 radical (unpaired) electrons. The van der Waals surface area contributed by atoms with Gasteiger partial charge in [0.05, 0.1) is 11.3 Å². The largest absolute Gasteiger partial charge is 0.371 e. The third-order valence-corrected chi connectivity index (χ3v) is 6.09. The van der Waals surface area contributed by atoms with Crippen molar-refractivity contribution in [1.82, 2.24) is 0 Å². The molecule has 3 aromatic carbocycles. The average molecular weight is 431 g/mol. The number of piperidine rings is 1. The lowest BCUT2D eigenvalue weighted by Gasteiger charge is -2.35. The van der Waals surface area contributed by atoms with Crippen molar-refractivity contribution in [2.24, 2.45) is 5.92 Å². The van der Waals surface area contributed by atoms with Crippen molar-refractivity contribution >= 4 is 23.1 Å². The molecule has 0 saturated carbocycles. The monoisotopic (exact) mass is 430 g/mol. The van der Waals surface area contributed by atoms with Crippen LogP contribution in [0.25, 0.3) is 0 Å². The van der Waals surface area contributed by atoms with E-state index in [2.05, 4.69) is 23.2 Å². The smallest absolute Gasteiger partial charge is 0.257 e. The van der Waals surface area contributed by atoms with Crippen LogP contribution in [-0.4, -0.2) is 24.8 Å². The van der Waals surface area contributed by atoms with E-state index in [1.807, 2.05) is 42.5 Å². The third kappa shape index (κ3) is 4.72. The van der Waals surface area contributed by atoms with Crippen molar-refractivity contribution in [3.8, 4) is 0 Å². The van der Waals surface area contributed by atoms with Gasteiger partial charge in [-0.3, -0.25) is 9.59 Å². The molecule has 5 heteroatoms. The second-order valence-corrected chi connectivity index (χ2v) is 8.12. The number of ketones is 1. The summed E-state index contributed by atoms with van der Waals surface area (Å²) >= 11 is 0. The molecule has 1 aliphatic heterocycles. The molecule has 1 amide bonds. The van der Waals surface area contributed by atoms with Crippen LogP contribution in [0.5, 0.6) is 0 Å². The fraction of sp³-hybridized carbons (Fsp3) is 0.259. The Balaban J connectivity index is 1.52. The quantitative estimate of drug-likeness (QED) is 0.508. The van der Waals surface area contributed by atoms with Gasteiger partial charge < -0.3 is 10.2 Å². The number of carbonyl (C=O) groups is 2. The van der Waals surface area contributed by atoms with E-state index in [1.54, 1.807) is 12.1 Å².